The Hall–Kier alpha value is -0.275. The van der Waals surface area contributed by atoms with E-state index in [2.05, 4.69) is 11.5 Å². The maximum Gasteiger partial charge on any atom is 0.346 e. The van der Waals surface area contributed by atoms with Gasteiger partial charge in [-0.3, -0.25) is 4.89 Å². The highest BCUT2D eigenvalue weighted by Gasteiger charge is 2.20. The van der Waals surface area contributed by atoms with Gasteiger partial charge in [0, 0.05) is 0 Å². The molecule has 0 bridgehead atoms. The van der Waals surface area contributed by atoms with Gasteiger partial charge in [-0.05, 0) is 12.6 Å². The number of allylic oxidation sites excluding steroid dienone is 1. The van der Waals surface area contributed by atoms with Crippen LogP contribution in [0.5, 0.6) is 0 Å². The minimum Gasteiger partial charge on any atom is -0.304 e. The molecule has 0 N–H and O–H groups in total. The predicted octanol–water partition coefficient (Wildman–Crippen LogP) is 1.13. The van der Waals surface area contributed by atoms with Gasteiger partial charge in [0.25, 0.3) is 0 Å². The van der Waals surface area contributed by atoms with Crippen LogP contribution in [-0.4, -0.2) is 13.5 Å². The van der Waals surface area contributed by atoms with Gasteiger partial charge in [0.2, 0.25) is 0 Å². The van der Waals surface area contributed by atoms with Gasteiger partial charge >= 0.3 is 6.92 Å². The summed E-state index contributed by atoms with van der Waals surface area (Å²) in [6.07, 6.45) is 3.76. The Labute approximate surface area is 49.5 Å². The fraction of sp³-hybridized carbons (Fsp3) is 0.600. The maximum absolute atomic E-state index is 4.82. The Balaban J connectivity index is 2.14. The second-order valence-electron chi connectivity index (χ2n) is 1.85. The van der Waals surface area contributed by atoms with Crippen LogP contribution >= 0.6 is 0 Å². The summed E-state index contributed by atoms with van der Waals surface area (Å²) in [5.41, 5.74) is 0. The molecule has 0 aromatic carbocycles. The average Bonchev–Trinajstić information content (AvgIpc) is 2.19. The van der Waals surface area contributed by atoms with Gasteiger partial charge in [-0.2, -0.15) is 0 Å². The van der Waals surface area contributed by atoms with Crippen molar-refractivity contribution in [3.05, 3.63) is 12.7 Å². The lowest BCUT2D eigenvalue weighted by Gasteiger charge is -1.93. The van der Waals surface area contributed by atoms with Crippen LogP contribution in [0.15, 0.2) is 12.7 Å². The zero-order valence-corrected chi connectivity index (χ0v) is 4.80. The Morgan fingerprint density at radius 3 is 3.12 bits per heavy atom. The Bertz CT molecular complexity index is 78.5. The van der Waals surface area contributed by atoms with E-state index >= 15 is 0 Å². The van der Waals surface area contributed by atoms with E-state index in [9.17, 15) is 0 Å². The first kappa shape index (κ1) is 5.85. The van der Waals surface area contributed by atoms with Gasteiger partial charge in [0.1, 0.15) is 0 Å². The molecule has 2 nitrogen and oxygen atoms in total. The first-order valence-corrected chi connectivity index (χ1v) is 2.82. The van der Waals surface area contributed by atoms with Gasteiger partial charge in [-0.15, -0.1) is 6.58 Å². The van der Waals surface area contributed by atoms with Crippen molar-refractivity contribution in [3.63, 3.8) is 0 Å². The summed E-state index contributed by atoms with van der Waals surface area (Å²) >= 11 is 0. The van der Waals surface area contributed by atoms with Gasteiger partial charge in [0.15, 0.2) is 0 Å². The Morgan fingerprint density at radius 1 is 1.75 bits per heavy atom. The molecule has 0 aromatic heterocycles. The second-order valence-corrected chi connectivity index (χ2v) is 1.85. The highest BCUT2D eigenvalue weighted by molar-refractivity contribution is 6.52. The molecule has 0 aromatic rings. The Kier molecular flexibility index (Phi) is 2.12. The molecule has 1 saturated heterocycles. The first-order valence-electron chi connectivity index (χ1n) is 2.82. The van der Waals surface area contributed by atoms with Crippen LogP contribution in [0, 0.1) is 0 Å². The molecular formula is C5H9BO2. The van der Waals surface area contributed by atoms with E-state index in [1.165, 1.54) is 0 Å². The normalized spacial score (nSPS) is 19.2. The van der Waals surface area contributed by atoms with Crippen molar-refractivity contribution in [3.8, 4) is 0 Å². The molecule has 8 heavy (non-hydrogen) atoms. The minimum absolute atomic E-state index is 0.271. The van der Waals surface area contributed by atoms with Crippen LogP contribution < -0.4 is 0 Å². The average molecular weight is 112 g/mol. The molecular weight excluding hydrogens is 103 g/mol. The van der Waals surface area contributed by atoms with E-state index in [1.807, 2.05) is 6.08 Å². The van der Waals surface area contributed by atoms with Crippen molar-refractivity contribution in [2.75, 3.05) is 6.61 Å². The van der Waals surface area contributed by atoms with Gasteiger partial charge in [-0.25, -0.2) is 0 Å². The van der Waals surface area contributed by atoms with Crippen molar-refractivity contribution in [1.29, 1.82) is 0 Å². The lowest BCUT2D eigenvalue weighted by atomic mass is 9.63. The largest absolute Gasteiger partial charge is 0.346 e. The first-order chi connectivity index (χ1) is 3.93. The zero-order chi connectivity index (χ0) is 5.82. The third kappa shape index (κ3) is 1.35. The fourth-order valence-electron chi connectivity index (χ4n) is 0.715. The summed E-state index contributed by atoms with van der Waals surface area (Å²) < 4.78 is 0. The molecule has 3 heteroatoms. The zero-order valence-electron chi connectivity index (χ0n) is 4.80. The fourth-order valence-corrected chi connectivity index (χ4v) is 0.715. The highest BCUT2D eigenvalue weighted by Crippen LogP contribution is 2.09. The van der Waals surface area contributed by atoms with Crippen LogP contribution in [0.25, 0.3) is 0 Å². The molecule has 44 valence electrons. The summed E-state index contributed by atoms with van der Waals surface area (Å²) in [6, 6.07) is 0. The summed E-state index contributed by atoms with van der Waals surface area (Å²) in [4.78, 5) is 9.48. The molecule has 1 aliphatic heterocycles. The van der Waals surface area contributed by atoms with Gasteiger partial charge < -0.3 is 4.81 Å². The number of hydrogen-bond donors (Lipinski definition) is 0. The molecule has 0 unspecified atom stereocenters. The molecule has 0 atom stereocenters. The van der Waals surface area contributed by atoms with Crippen LogP contribution in [0.3, 0.4) is 0 Å². The van der Waals surface area contributed by atoms with Crippen LogP contribution in [0.2, 0.25) is 12.6 Å². The molecule has 1 heterocycles. The maximum atomic E-state index is 4.82. The molecule has 0 amide bonds. The van der Waals surface area contributed by atoms with E-state index in [1.54, 1.807) is 0 Å². The molecule has 0 saturated carbocycles. The topological polar surface area (TPSA) is 18.5 Å². The van der Waals surface area contributed by atoms with Crippen LogP contribution in [-0.2, 0) is 9.69 Å². The SMILES string of the molecule is C=CCB1CCOO1. The lowest BCUT2D eigenvalue weighted by Crippen LogP contribution is -2.06. The molecule has 1 rings (SSSR count). The highest BCUT2D eigenvalue weighted by atomic mass is 17.2. The summed E-state index contributed by atoms with van der Waals surface area (Å²) in [7, 11) is 0. The van der Waals surface area contributed by atoms with E-state index in [4.69, 9.17) is 4.81 Å². The van der Waals surface area contributed by atoms with Crippen LogP contribution in [0.4, 0.5) is 0 Å². The third-order valence-corrected chi connectivity index (χ3v) is 1.16. The lowest BCUT2D eigenvalue weighted by molar-refractivity contribution is -0.185. The molecule has 0 spiro atoms. The van der Waals surface area contributed by atoms with E-state index in [0.717, 1.165) is 19.2 Å². The molecule has 1 aliphatic rings. The van der Waals surface area contributed by atoms with Gasteiger partial charge in [0.05, 0.1) is 6.61 Å². The monoisotopic (exact) mass is 112 g/mol. The second kappa shape index (κ2) is 2.90. The summed E-state index contributed by atoms with van der Waals surface area (Å²) in [5, 5.41) is 0. The van der Waals surface area contributed by atoms with Crippen LogP contribution in [0.1, 0.15) is 0 Å². The Morgan fingerprint density at radius 2 is 2.62 bits per heavy atom. The minimum atomic E-state index is 0.271. The summed E-state index contributed by atoms with van der Waals surface area (Å²) in [6.45, 7) is 4.59. The molecule has 0 aliphatic carbocycles. The van der Waals surface area contributed by atoms with Gasteiger partial charge in [-0.1, -0.05) is 6.08 Å². The molecule has 1 fully saturated rings. The van der Waals surface area contributed by atoms with E-state index in [0.29, 0.717) is 0 Å². The standard InChI is InChI=1S/C5H9BO2/c1-2-3-6-4-5-7-8-6/h2H,1,3-5H2. The van der Waals surface area contributed by atoms with Crippen molar-refractivity contribution >= 4 is 6.92 Å². The predicted molar refractivity (Wildman–Crippen MR) is 32.6 cm³/mol. The number of hydrogen-bond acceptors (Lipinski definition) is 2. The molecule has 0 radical (unpaired) electrons. The van der Waals surface area contributed by atoms with Crippen molar-refractivity contribution in [2.45, 2.75) is 12.6 Å². The van der Waals surface area contributed by atoms with E-state index in [-0.39, 0.29) is 6.92 Å². The van der Waals surface area contributed by atoms with Crippen molar-refractivity contribution < 1.29 is 9.69 Å². The number of rotatable bonds is 2. The van der Waals surface area contributed by atoms with E-state index < -0.39 is 0 Å². The van der Waals surface area contributed by atoms with Crippen molar-refractivity contribution in [1.82, 2.24) is 0 Å². The quantitative estimate of drug-likeness (QED) is 0.302. The van der Waals surface area contributed by atoms with Crippen molar-refractivity contribution in [2.24, 2.45) is 0 Å². The summed E-state index contributed by atoms with van der Waals surface area (Å²) in [5.74, 6) is 0. The third-order valence-electron chi connectivity index (χ3n) is 1.16. The smallest absolute Gasteiger partial charge is 0.304 e.